The van der Waals surface area contributed by atoms with Gasteiger partial charge < -0.3 is 56.4 Å². The van der Waals surface area contributed by atoms with Crippen molar-refractivity contribution in [1.29, 1.82) is 0 Å². The number of amides is 7. The Kier molecular flexibility index (Phi) is 17.4. The van der Waals surface area contributed by atoms with Crippen LogP contribution in [0.25, 0.3) is 11.2 Å². The molecule has 7 amide bonds. The van der Waals surface area contributed by atoms with Gasteiger partial charge in [0.15, 0.2) is 23.6 Å². The number of hydrogen-bond acceptors (Lipinski definition) is 19. The predicted octanol–water partition coefficient (Wildman–Crippen LogP) is -0.712. The van der Waals surface area contributed by atoms with Crippen molar-refractivity contribution in [3.05, 3.63) is 71.0 Å². The van der Waals surface area contributed by atoms with Crippen LogP contribution >= 0.6 is 0 Å². The van der Waals surface area contributed by atoms with Crippen LogP contribution in [0.3, 0.4) is 0 Å². The number of nitrogens with one attached hydrogen (secondary N) is 3. The summed E-state index contributed by atoms with van der Waals surface area (Å²) in [4.78, 5) is 121. The monoisotopic (exact) mass is 956 g/mol. The molecule has 69 heavy (non-hydrogen) atoms. The summed E-state index contributed by atoms with van der Waals surface area (Å²) in [5, 5.41) is 17.4. The predicted molar refractivity (Wildman–Crippen MR) is 242 cm³/mol. The zero-order chi connectivity index (χ0) is 49.6. The van der Waals surface area contributed by atoms with E-state index in [0.29, 0.717) is 17.8 Å². The lowest BCUT2D eigenvalue weighted by Crippen LogP contribution is -2.54. The fourth-order valence-corrected chi connectivity index (χ4v) is 7.20. The number of carbonyl (C=O) groups excluding carboxylic acids is 7. The van der Waals surface area contributed by atoms with Gasteiger partial charge >= 0.3 is 5.97 Å². The number of carboxylic acids is 1. The molecule has 0 saturated carbocycles. The molecule has 4 heterocycles. The SMILES string of the molecule is CN1C(=O)CCC(N2C(=O)c3cccc(OCC(=O)NCCOCCOCCOCCNC(=O)CCC(NC(=O)c4ccc(N(C)Cc5cnc6nc(N)nc(N)c6n5)cc4)C(=O)O)c3C2=O)C1=O. The van der Waals surface area contributed by atoms with E-state index >= 15 is 0 Å². The summed E-state index contributed by atoms with van der Waals surface area (Å²) in [6.07, 6.45) is 1.28. The highest BCUT2D eigenvalue weighted by atomic mass is 16.5. The van der Waals surface area contributed by atoms with Gasteiger partial charge in [-0.05, 0) is 49.2 Å². The average Bonchev–Trinajstić information content (AvgIpc) is 3.58. The molecule has 1 fully saturated rings. The number of piperidine rings is 1. The van der Waals surface area contributed by atoms with Crippen molar-refractivity contribution in [2.45, 2.75) is 44.3 Å². The fourth-order valence-electron chi connectivity index (χ4n) is 7.20. The van der Waals surface area contributed by atoms with Crippen LogP contribution in [-0.2, 0) is 44.7 Å². The molecule has 2 aromatic heterocycles. The van der Waals surface area contributed by atoms with Gasteiger partial charge in [0.1, 0.15) is 17.8 Å². The molecular formula is C44H52N12O13. The standard InChI is InChI=1S/C44H52N12O13/c1-54(23-26-22-49-38-36(50-26)37(45)52-44(46)53-38)27-8-6-25(7-9-27)39(60)51-29(43(64)65)10-12-32(57)47-14-16-66-18-20-68-21-19-67-17-15-48-33(58)24-69-31-5-3-4-28-35(31)42(63)56(40(28)61)30-11-13-34(59)55(2)41(30)62/h3-9,22,29-30H,10-21,23-24H2,1-2H3,(H,47,57)(H,48,58)(H,51,60)(H,64,65)(H4,45,46,49,52,53). The highest BCUT2D eigenvalue weighted by Gasteiger charge is 2.47. The summed E-state index contributed by atoms with van der Waals surface area (Å²) in [6, 6.07) is 8.45. The van der Waals surface area contributed by atoms with Crippen molar-refractivity contribution in [3.8, 4) is 5.75 Å². The number of likely N-dealkylation sites (tertiary alicyclic amines) is 1. The van der Waals surface area contributed by atoms with E-state index < -0.39 is 66.0 Å². The third kappa shape index (κ3) is 13.2. The van der Waals surface area contributed by atoms with E-state index in [1.165, 1.54) is 25.2 Å². The summed E-state index contributed by atoms with van der Waals surface area (Å²) in [5.41, 5.74) is 13.7. The minimum absolute atomic E-state index is 0.00473. The first-order chi connectivity index (χ1) is 33.1. The molecule has 6 rings (SSSR count). The number of hydrogen-bond donors (Lipinski definition) is 6. The molecule has 2 aliphatic rings. The highest BCUT2D eigenvalue weighted by Crippen LogP contribution is 2.34. The number of carbonyl (C=O) groups is 8. The number of nitrogens with zero attached hydrogens (tertiary/aromatic N) is 7. The molecular weight excluding hydrogens is 905 g/mol. The van der Waals surface area contributed by atoms with Crippen LogP contribution < -0.4 is 37.1 Å². The van der Waals surface area contributed by atoms with Gasteiger partial charge in [-0.1, -0.05) is 6.07 Å². The Balaban J connectivity index is 0.773. The summed E-state index contributed by atoms with van der Waals surface area (Å²) in [6.45, 7) is 1.51. The van der Waals surface area contributed by atoms with Gasteiger partial charge in [0, 0.05) is 51.3 Å². The van der Waals surface area contributed by atoms with Crippen LogP contribution in [0.5, 0.6) is 5.75 Å². The number of imide groups is 2. The van der Waals surface area contributed by atoms with Gasteiger partial charge in [-0.2, -0.15) is 9.97 Å². The van der Waals surface area contributed by atoms with Crippen LogP contribution in [0.15, 0.2) is 48.7 Å². The second-order valence-electron chi connectivity index (χ2n) is 15.6. The lowest BCUT2D eigenvalue weighted by molar-refractivity contribution is -0.149. The lowest BCUT2D eigenvalue weighted by Gasteiger charge is -2.32. The van der Waals surface area contributed by atoms with Crippen LogP contribution in [0.1, 0.15) is 62.5 Å². The quantitative estimate of drug-likeness (QED) is 0.0353. The van der Waals surface area contributed by atoms with Gasteiger partial charge in [0.25, 0.3) is 29.5 Å². The van der Waals surface area contributed by atoms with Crippen molar-refractivity contribution in [2.75, 3.05) is 89.8 Å². The molecule has 1 saturated heterocycles. The van der Waals surface area contributed by atoms with E-state index in [4.69, 9.17) is 30.4 Å². The lowest BCUT2D eigenvalue weighted by atomic mass is 10.0. The molecule has 0 radical (unpaired) electrons. The first kappa shape index (κ1) is 50.5. The number of nitrogens with two attached hydrogens (primary N) is 2. The normalized spacial score (nSPS) is 15.0. The number of nitrogen functional groups attached to an aromatic ring is 2. The van der Waals surface area contributed by atoms with Crippen LogP contribution in [0, 0.1) is 0 Å². The molecule has 2 unspecified atom stereocenters. The molecule has 8 N–H and O–H groups in total. The van der Waals surface area contributed by atoms with E-state index in [0.717, 1.165) is 15.5 Å². The molecule has 0 spiro atoms. The molecule has 0 bridgehead atoms. The van der Waals surface area contributed by atoms with E-state index in [9.17, 15) is 43.5 Å². The Hall–Kier alpha value is -7.90. The first-order valence-electron chi connectivity index (χ1n) is 21.7. The number of ether oxygens (including phenoxy) is 4. The number of anilines is 3. The van der Waals surface area contributed by atoms with Gasteiger partial charge in [-0.15, -0.1) is 0 Å². The third-order valence-electron chi connectivity index (χ3n) is 10.8. The third-order valence-corrected chi connectivity index (χ3v) is 10.8. The second kappa shape index (κ2) is 23.7. The minimum Gasteiger partial charge on any atom is -0.483 e. The fraction of sp³-hybridized carbons (Fsp3) is 0.409. The highest BCUT2D eigenvalue weighted by molar-refractivity contribution is 6.24. The van der Waals surface area contributed by atoms with Crippen molar-refractivity contribution in [3.63, 3.8) is 0 Å². The molecule has 25 heteroatoms. The summed E-state index contributed by atoms with van der Waals surface area (Å²) >= 11 is 0. The maximum absolute atomic E-state index is 13.3. The van der Waals surface area contributed by atoms with Crippen molar-refractivity contribution >= 4 is 75.9 Å². The second-order valence-corrected chi connectivity index (χ2v) is 15.6. The maximum atomic E-state index is 13.3. The van der Waals surface area contributed by atoms with Crippen LogP contribution in [0.4, 0.5) is 17.5 Å². The van der Waals surface area contributed by atoms with E-state index in [2.05, 4.69) is 35.9 Å². The molecule has 0 aliphatic carbocycles. The Labute approximate surface area is 394 Å². The number of aromatic nitrogens is 4. The zero-order valence-electron chi connectivity index (χ0n) is 37.8. The number of rotatable bonds is 25. The van der Waals surface area contributed by atoms with Gasteiger partial charge in [-0.3, -0.25) is 43.4 Å². The van der Waals surface area contributed by atoms with E-state index in [1.807, 2.05) is 11.9 Å². The number of carboxylic acid groups (broad SMARTS) is 1. The Morgan fingerprint density at radius 1 is 0.870 bits per heavy atom. The smallest absolute Gasteiger partial charge is 0.326 e. The number of fused-ring (bicyclic) bond motifs is 2. The largest absolute Gasteiger partial charge is 0.483 e. The molecule has 4 aromatic rings. The maximum Gasteiger partial charge on any atom is 0.326 e. The first-order valence-corrected chi connectivity index (χ1v) is 21.7. The van der Waals surface area contributed by atoms with Gasteiger partial charge in [-0.25, -0.2) is 14.8 Å². The average molecular weight is 957 g/mol. The zero-order valence-corrected chi connectivity index (χ0v) is 37.8. The molecule has 2 aliphatic heterocycles. The van der Waals surface area contributed by atoms with Gasteiger partial charge in [0.05, 0.1) is 69.2 Å². The van der Waals surface area contributed by atoms with Crippen LogP contribution in [-0.4, -0.2) is 168 Å². The minimum atomic E-state index is -1.31. The van der Waals surface area contributed by atoms with Crippen LogP contribution in [0.2, 0.25) is 0 Å². The summed E-state index contributed by atoms with van der Waals surface area (Å²) in [5.74, 6) is -5.16. The number of likely N-dealkylation sites (N-methyl/N-ethyl adjacent to an activating group) is 1. The van der Waals surface area contributed by atoms with E-state index in [1.54, 1.807) is 30.5 Å². The molecule has 2 atom stereocenters. The Morgan fingerprint density at radius 2 is 1.54 bits per heavy atom. The number of aliphatic carboxylic acids is 1. The summed E-state index contributed by atoms with van der Waals surface area (Å²) < 4.78 is 22.0. The molecule has 25 nitrogen and oxygen atoms in total. The Bertz CT molecular complexity index is 2580. The topological polar surface area (TPSA) is 343 Å². The van der Waals surface area contributed by atoms with Crippen molar-refractivity contribution < 1.29 is 62.4 Å². The number of benzene rings is 2. The van der Waals surface area contributed by atoms with Crippen molar-refractivity contribution in [2.24, 2.45) is 0 Å². The summed E-state index contributed by atoms with van der Waals surface area (Å²) in [7, 11) is 3.12. The van der Waals surface area contributed by atoms with Gasteiger partial charge in [0.2, 0.25) is 17.8 Å². The van der Waals surface area contributed by atoms with E-state index in [-0.39, 0.29) is 118 Å². The Morgan fingerprint density at radius 3 is 2.22 bits per heavy atom. The van der Waals surface area contributed by atoms with Crippen molar-refractivity contribution in [1.82, 2.24) is 45.7 Å². The molecule has 366 valence electrons. The molecule has 2 aromatic carbocycles.